The maximum Gasteiger partial charge on any atom is 0.291 e. The number of carbonyl (C=O) groups excluding carboxylic acids is 3. The van der Waals surface area contributed by atoms with Gasteiger partial charge in [-0.1, -0.05) is 12.1 Å². The summed E-state index contributed by atoms with van der Waals surface area (Å²) in [5.41, 5.74) is 0.683. The Morgan fingerprint density at radius 2 is 1.90 bits per heavy atom. The molecular weight excluding hydrogens is 400 g/mol. The fourth-order valence-corrected chi connectivity index (χ4v) is 4.22. The molecule has 2 fully saturated rings. The third kappa shape index (κ3) is 4.26. The number of ketones is 2. The van der Waals surface area contributed by atoms with Gasteiger partial charge in [-0.15, -0.1) is 0 Å². The summed E-state index contributed by atoms with van der Waals surface area (Å²) in [6, 6.07) is 9.67. The number of Topliss-reactive ketones (excluding diaryl/α,β-unsaturated/α-hetero) is 2. The predicted molar refractivity (Wildman–Crippen MR) is 111 cm³/mol. The lowest BCUT2D eigenvalue weighted by atomic mass is 9.88. The molecule has 3 heterocycles. The average Bonchev–Trinajstić information content (AvgIpc) is 3.34. The van der Waals surface area contributed by atoms with Crippen LogP contribution in [0.5, 0.6) is 5.75 Å². The molecule has 0 bridgehead atoms. The van der Waals surface area contributed by atoms with Crippen LogP contribution in [-0.2, 0) is 14.3 Å². The number of furan rings is 1. The zero-order valence-electron chi connectivity index (χ0n) is 17.7. The molecule has 0 saturated carbocycles. The Morgan fingerprint density at radius 3 is 2.58 bits per heavy atom. The van der Waals surface area contributed by atoms with Crippen LogP contribution in [-0.4, -0.2) is 73.8 Å². The number of carbonyl (C=O) groups is 3. The molecule has 4 rings (SSSR count). The molecule has 2 aliphatic rings. The summed E-state index contributed by atoms with van der Waals surface area (Å²) in [4.78, 5) is 43.0. The lowest BCUT2D eigenvalue weighted by Crippen LogP contribution is -2.42. The van der Waals surface area contributed by atoms with Gasteiger partial charge in [-0.3, -0.25) is 19.3 Å². The van der Waals surface area contributed by atoms with Crippen LogP contribution < -0.4 is 4.74 Å². The van der Waals surface area contributed by atoms with E-state index in [-0.39, 0.29) is 5.76 Å². The molecule has 0 spiro atoms. The van der Waals surface area contributed by atoms with E-state index in [1.54, 1.807) is 44.4 Å². The molecule has 2 unspecified atom stereocenters. The number of nitrogens with zero attached hydrogens (tertiary/aromatic N) is 2. The average molecular weight is 426 g/mol. The highest BCUT2D eigenvalue weighted by Crippen LogP contribution is 2.39. The molecule has 31 heavy (non-hydrogen) atoms. The van der Waals surface area contributed by atoms with Gasteiger partial charge in [-0.2, -0.15) is 0 Å². The summed E-state index contributed by atoms with van der Waals surface area (Å²) in [6.07, 6.45) is 0. The van der Waals surface area contributed by atoms with Crippen molar-refractivity contribution in [3.05, 3.63) is 53.5 Å². The third-order valence-electron chi connectivity index (χ3n) is 5.87. The fraction of sp³-hybridized carbons (Fsp3) is 0.435. The van der Waals surface area contributed by atoms with E-state index in [4.69, 9.17) is 13.9 Å². The summed E-state index contributed by atoms with van der Waals surface area (Å²) in [5.74, 6) is -1.72. The van der Waals surface area contributed by atoms with Gasteiger partial charge in [0.05, 0.1) is 26.4 Å². The molecule has 2 aliphatic heterocycles. The minimum absolute atomic E-state index is 0.0894. The molecule has 0 N–H and O–H groups in total. The second-order valence-corrected chi connectivity index (χ2v) is 7.79. The Bertz CT molecular complexity index is 978. The predicted octanol–water partition coefficient (Wildman–Crippen LogP) is 1.88. The first kappa shape index (κ1) is 21.3. The number of hydrogen-bond donors (Lipinski definition) is 0. The van der Waals surface area contributed by atoms with E-state index in [1.165, 1.54) is 4.90 Å². The molecule has 164 valence electrons. The van der Waals surface area contributed by atoms with Crippen LogP contribution in [0.1, 0.15) is 27.9 Å². The van der Waals surface area contributed by atoms with Crippen LogP contribution in [0.4, 0.5) is 0 Å². The van der Waals surface area contributed by atoms with Gasteiger partial charge in [0.25, 0.3) is 5.91 Å². The molecule has 0 radical (unpaired) electrons. The van der Waals surface area contributed by atoms with Crippen LogP contribution in [0.15, 0.2) is 40.8 Å². The number of ether oxygens (including phenoxy) is 2. The molecule has 1 amide bonds. The van der Waals surface area contributed by atoms with Gasteiger partial charge in [0.1, 0.15) is 17.4 Å². The van der Waals surface area contributed by atoms with Gasteiger partial charge in [0.15, 0.2) is 5.76 Å². The van der Waals surface area contributed by atoms with Crippen molar-refractivity contribution in [2.75, 3.05) is 46.5 Å². The number of likely N-dealkylation sites (tertiary alicyclic amines) is 1. The maximum absolute atomic E-state index is 13.3. The van der Waals surface area contributed by atoms with Gasteiger partial charge in [-0.05, 0) is 36.8 Å². The Labute approximate surface area is 180 Å². The Balaban J connectivity index is 1.67. The lowest BCUT2D eigenvalue weighted by Gasteiger charge is -2.31. The van der Waals surface area contributed by atoms with E-state index in [2.05, 4.69) is 4.90 Å². The van der Waals surface area contributed by atoms with Gasteiger partial charge >= 0.3 is 0 Å². The maximum atomic E-state index is 13.3. The van der Waals surface area contributed by atoms with E-state index < -0.39 is 29.4 Å². The van der Waals surface area contributed by atoms with E-state index >= 15 is 0 Å². The summed E-state index contributed by atoms with van der Waals surface area (Å²) in [7, 11) is 1.55. The number of aryl methyl sites for hydroxylation is 1. The van der Waals surface area contributed by atoms with Crippen LogP contribution in [0.2, 0.25) is 0 Å². The smallest absolute Gasteiger partial charge is 0.291 e. The van der Waals surface area contributed by atoms with Crippen LogP contribution in [0, 0.1) is 12.8 Å². The summed E-state index contributed by atoms with van der Waals surface area (Å²) in [6.45, 7) is 5.50. The zero-order chi connectivity index (χ0) is 22.0. The number of rotatable bonds is 7. The quantitative estimate of drug-likeness (QED) is 0.379. The number of methoxy groups -OCH3 is 1. The first-order valence-corrected chi connectivity index (χ1v) is 10.4. The van der Waals surface area contributed by atoms with Crippen molar-refractivity contribution < 1.29 is 28.3 Å². The molecular formula is C23H26N2O6. The number of amides is 1. The lowest BCUT2D eigenvalue weighted by molar-refractivity contribution is -0.141. The van der Waals surface area contributed by atoms with Gasteiger partial charge in [0, 0.05) is 26.2 Å². The monoisotopic (exact) mass is 426 g/mol. The van der Waals surface area contributed by atoms with Crippen molar-refractivity contribution in [2.24, 2.45) is 5.92 Å². The zero-order valence-corrected chi connectivity index (χ0v) is 17.7. The molecule has 2 aromatic rings. The van der Waals surface area contributed by atoms with Crippen molar-refractivity contribution in [2.45, 2.75) is 13.0 Å². The second kappa shape index (κ2) is 9.03. The largest absolute Gasteiger partial charge is 0.497 e. The van der Waals surface area contributed by atoms with Crippen molar-refractivity contribution in [1.29, 1.82) is 0 Å². The summed E-state index contributed by atoms with van der Waals surface area (Å²) >= 11 is 0. The number of morpholine rings is 1. The highest BCUT2D eigenvalue weighted by Gasteiger charge is 2.52. The first-order chi connectivity index (χ1) is 15.0. The van der Waals surface area contributed by atoms with Crippen molar-refractivity contribution in [3.63, 3.8) is 0 Å². The van der Waals surface area contributed by atoms with Crippen molar-refractivity contribution in [3.8, 4) is 5.75 Å². The van der Waals surface area contributed by atoms with Gasteiger partial charge in [-0.25, -0.2) is 0 Å². The second-order valence-electron chi connectivity index (χ2n) is 7.79. The standard InChI is InChI=1S/C23H26N2O6/c1-15-6-7-18(31-15)21(26)19-20(16-4-3-5-17(14-16)29-2)25(23(28)22(19)27)9-8-24-10-12-30-13-11-24/h3-7,14,19-20H,8-13H2,1-2H3. The molecule has 2 saturated heterocycles. The molecule has 1 aromatic carbocycles. The fourth-order valence-electron chi connectivity index (χ4n) is 4.22. The minimum Gasteiger partial charge on any atom is -0.497 e. The molecule has 2 atom stereocenters. The Morgan fingerprint density at radius 1 is 1.13 bits per heavy atom. The van der Waals surface area contributed by atoms with E-state index in [0.717, 1.165) is 13.1 Å². The molecule has 8 heteroatoms. The van der Waals surface area contributed by atoms with E-state index in [0.29, 0.717) is 43.4 Å². The Kier molecular flexibility index (Phi) is 6.20. The topological polar surface area (TPSA) is 89.3 Å². The van der Waals surface area contributed by atoms with Gasteiger partial charge < -0.3 is 18.8 Å². The molecule has 8 nitrogen and oxygen atoms in total. The van der Waals surface area contributed by atoms with E-state index in [1.807, 2.05) is 6.07 Å². The molecule has 1 aromatic heterocycles. The minimum atomic E-state index is -1.16. The summed E-state index contributed by atoms with van der Waals surface area (Å²) in [5, 5.41) is 0. The summed E-state index contributed by atoms with van der Waals surface area (Å²) < 4.78 is 16.2. The van der Waals surface area contributed by atoms with Crippen LogP contribution in [0.25, 0.3) is 0 Å². The van der Waals surface area contributed by atoms with Crippen molar-refractivity contribution >= 4 is 17.5 Å². The first-order valence-electron chi connectivity index (χ1n) is 10.4. The van der Waals surface area contributed by atoms with Gasteiger partial charge in [0.2, 0.25) is 11.6 Å². The van der Waals surface area contributed by atoms with Crippen molar-refractivity contribution in [1.82, 2.24) is 9.80 Å². The molecule has 0 aliphatic carbocycles. The normalized spacial score (nSPS) is 22.2. The third-order valence-corrected chi connectivity index (χ3v) is 5.87. The number of hydrogen-bond acceptors (Lipinski definition) is 7. The van der Waals surface area contributed by atoms with Crippen LogP contribution in [0.3, 0.4) is 0 Å². The van der Waals surface area contributed by atoms with E-state index in [9.17, 15) is 14.4 Å². The highest BCUT2D eigenvalue weighted by molar-refractivity contribution is 6.43. The number of benzene rings is 1. The highest BCUT2D eigenvalue weighted by atomic mass is 16.5. The Hall–Kier alpha value is -2.97. The SMILES string of the molecule is COc1cccc(C2C(C(=O)c3ccc(C)o3)C(=O)C(=O)N2CCN2CCOCC2)c1. The van der Waals surface area contributed by atoms with Crippen LogP contribution >= 0.6 is 0 Å².